The van der Waals surface area contributed by atoms with E-state index in [9.17, 15) is 23.2 Å². The molecule has 32 heavy (non-hydrogen) atoms. The molecule has 1 heterocycles. The zero-order valence-corrected chi connectivity index (χ0v) is 18.9. The van der Waals surface area contributed by atoms with Crippen molar-refractivity contribution in [3.8, 4) is 11.1 Å². The SMILES string of the molecule is COC(=O)C(C)(C)C(c1c(-c2ccc(F)cc2F)cc(Cl)nc1Cl)C(C)OC(=O)C(=O)O. The van der Waals surface area contributed by atoms with Crippen LogP contribution in [0.25, 0.3) is 11.1 Å². The van der Waals surface area contributed by atoms with Crippen LogP contribution in [0.1, 0.15) is 32.3 Å². The van der Waals surface area contributed by atoms with Gasteiger partial charge in [-0.1, -0.05) is 23.2 Å². The minimum Gasteiger partial charge on any atom is -0.473 e. The lowest BCUT2D eigenvalue weighted by Crippen LogP contribution is -2.41. The largest absolute Gasteiger partial charge is 0.473 e. The Balaban J connectivity index is 2.85. The minimum atomic E-state index is -1.85. The quantitative estimate of drug-likeness (QED) is 0.358. The predicted octanol–water partition coefficient (Wildman–Crippen LogP) is 4.63. The molecule has 1 N–H and O–H groups in total. The molecule has 0 saturated carbocycles. The number of pyridine rings is 1. The van der Waals surface area contributed by atoms with E-state index in [0.29, 0.717) is 6.07 Å². The maximum atomic E-state index is 14.7. The normalized spacial score (nSPS) is 13.2. The first-order chi connectivity index (χ1) is 14.8. The van der Waals surface area contributed by atoms with Crippen LogP contribution in [0, 0.1) is 17.0 Å². The molecule has 0 aliphatic rings. The van der Waals surface area contributed by atoms with Gasteiger partial charge >= 0.3 is 17.9 Å². The van der Waals surface area contributed by atoms with Crippen molar-refractivity contribution in [2.45, 2.75) is 32.8 Å². The van der Waals surface area contributed by atoms with Gasteiger partial charge in [0.25, 0.3) is 0 Å². The Morgan fingerprint density at radius 2 is 1.75 bits per heavy atom. The number of carboxylic acid groups (broad SMARTS) is 1. The topological polar surface area (TPSA) is 103 Å². The molecule has 0 aliphatic carbocycles. The van der Waals surface area contributed by atoms with E-state index in [2.05, 4.69) is 4.98 Å². The molecule has 2 atom stereocenters. The third-order valence-corrected chi connectivity index (χ3v) is 5.42. The Bertz CT molecular complexity index is 1080. The molecule has 1 aromatic heterocycles. The highest BCUT2D eigenvalue weighted by molar-refractivity contribution is 6.33. The zero-order chi connectivity index (χ0) is 24.4. The number of halogens is 4. The van der Waals surface area contributed by atoms with E-state index in [1.165, 1.54) is 26.8 Å². The second kappa shape index (κ2) is 9.79. The van der Waals surface area contributed by atoms with Gasteiger partial charge in [-0.15, -0.1) is 0 Å². The van der Waals surface area contributed by atoms with Gasteiger partial charge in [0.2, 0.25) is 0 Å². The molecule has 2 rings (SSSR count). The number of esters is 2. The van der Waals surface area contributed by atoms with Crippen LogP contribution in [0.2, 0.25) is 10.3 Å². The first-order valence-electron chi connectivity index (χ1n) is 9.14. The fourth-order valence-corrected chi connectivity index (χ4v) is 4.13. The number of nitrogens with zero attached hydrogens (tertiary/aromatic N) is 1. The van der Waals surface area contributed by atoms with Gasteiger partial charge in [-0.25, -0.2) is 23.4 Å². The summed E-state index contributed by atoms with van der Waals surface area (Å²) in [5, 5.41) is 8.54. The molecule has 2 aromatic rings. The van der Waals surface area contributed by atoms with Crippen LogP contribution in [-0.4, -0.2) is 41.2 Å². The number of rotatable bonds is 6. The molecule has 0 bridgehead atoms. The van der Waals surface area contributed by atoms with Crippen LogP contribution in [-0.2, 0) is 23.9 Å². The Morgan fingerprint density at radius 1 is 1.12 bits per heavy atom. The molecule has 0 spiro atoms. The number of ether oxygens (including phenoxy) is 2. The third kappa shape index (κ3) is 5.16. The van der Waals surface area contributed by atoms with Crippen LogP contribution < -0.4 is 0 Å². The van der Waals surface area contributed by atoms with Gasteiger partial charge < -0.3 is 14.6 Å². The molecule has 0 saturated heterocycles. The highest BCUT2D eigenvalue weighted by Gasteiger charge is 2.46. The van der Waals surface area contributed by atoms with Crippen molar-refractivity contribution in [1.82, 2.24) is 4.98 Å². The van der Waals surface area contributed by atoms with E-state index in [1.807, 2.05) is 0 Å². The summed E-state index contributed by atoms with van der Waals surface area (Å²) in [5.74, 6) is -7.12. The second-order valence-corrected chi connectivity index (χ2v) is 8.17. The molecule has 0 radical (unpaired) electrons. The summed E-state index contributed by atoms with van der Waals surface area (Å²) in [4.78, 5) is 39.3. The lowest BCUT2D eigenvalue weighted by Gasteiger charge is -2.37. The van der Waals surface area contributed by atoms with Crippen LogP contribution >= 0.6 is 23.2 Å². The number of carbonyl (C=O) groups is 3. The number of aliphatic carboxylic acids is 1. The fraction of sp³-hybridized carbons (Fsp3) is 0.333. The van der Waals surface area contributed by atoms with Crippen LogP contribution in [0.4, 0.5) is 8.78 Å². The number of hydrogen-bond acceptors (Lipinski definition) is 6. The fourth-order valence-electron chi connectivity index (χ4n) is 3.58. The number of methoxy groups -OCH3 is 1. The molecule has 2 unspecified atom stereocenters. The number of carboxylic acids is 1. The van der Waals surface area contributed by atoms with E-state index < -0.39 is 47.0 Å². The van der Waals surface area contributed by atoms with Crippen molar-refractivity contribution in [2.75, 3.05) is 7.11 Å². The highest BCUT2D eigenvalue weighted by atomic mass is 35.5. The van der Waals surface area contributed by atoms with Gasteiger partial charge in [0, 0.05) is 23.1 Å². The van der Waals surface area contributed by atoms with E-state index in [-0.39, 0.29) is 27.0 Å². The van der Waals surface area contributed by atoms with Crippen molar-refractivity contribution >= 4 is 41.1 Å². The zero-order valence-electron chi connectivity index (χ0n) is 17.4. The van der Waals surface area contributed by atoms with Gasteiger partial charge in [0.1, 0.15) is 28.0 Å². The van der Waals surface area contributed by atoms with E-state index in [4.69, 9.17) is 37.8 Å². The molecule has 0 fully saturated rings. The summed E-state index contributed by atoms with van der Waals surface area (Å²) in [6.45, 7) is 4.24. The molecule has 1 aromatic carbocycles. The van der Waals surface area contributed by atoms with Gasteiger partial charge in [-0.05, 0) is 44.5 Å². The van der Waals surface area contributed by atoms with Crippen molar-refractivity contribution < 1.29 is 37.7 Å². The number of carbonyl (C=O) groups excluding carboxylic acids is 2. The maximum Gasteiger partial charge on any atom is 0.417 e. The van der Waals surface area contributed by atoms with Crippen LogP contribution in [0.15, 0.2) is 24.3 Å². The first kappa shape index (κ1) is 25.5. The molecular formula is C21H19Cl2F2NO6. The molecule has 7 nitrogen and oxygen atoms in total. The average Bonchev–Trinajstić information content (AvgIpc) is 2.68. The van der Waals surface area contributed by atoms with Crippen molar-refractivity contribution in [3.63, 3.8) is 0 Å². The lowest BCUT2D eigenvalue weighted by atomic mass is 9.70. The second-order valence-electron chi connectivity index (χ2n) is 7.43. The van der Waals surface area contributed by atoms with E-state index >= 15 is 0 Å². The summed E-state index contributed by atoms with van der Waals surface area (Å²) < 4.78 is 38.0. The van der Waals surface area contributed by atoms with Crippen molar-refractivity contribution in [3.05, 3.63) is 51.8 Å². The molecular weight excluding hydrogens is 471 g/mol. The number of aromatic nitrogens is 1. The summed E-state index contributed by atoms with van der Waals surface area (Å²) >= 11 is 12.4. The summed E-state index contributed by atoms with van der Waals surface area (Å²) in [6, 6.07) is 4.06. The molecule has 0 aliphatic heterocycles. The molecule has 11 heteroatoms. The smallest absolute Gasteiger partial charge is 0.417 e. The Kier molecular flexibility index (Phi) is 7.79. The van der Waals surface area contributed by atoms with Gasteiger partial charge in [-0.3, -0.25) is 4.79 Å². The van der Waals surface area contributed by atoms with Gasteiger partial charge in [0.05, 0.1) is 12.5 Å². The summed E-state index contributed by atoms with van der Waals surface area (Å²) in [5.41, 5.74) is -1.51. The predicted molar refractivity (Wildman–Crippen MR) is 111 cm³/mol. The Labute approximate surface area is 192 Å². The Morgan fingerprint density at radius 3 is 2.28 bits per heavy atom. The van der Waals surface area contributed by atoms with Crippen LogP contribution in [0.3, 0.4) is 0 Å². The van der Waals surface area contributed by atoms with Crippen LogP contribution in [0.5, 0.6) is 0 Å². The monoisotopic (exact) mass is 489 g/mol. The standard InChI is InChI=1S/C21H19Cl2F2NO6/c1-9(32-19(29)18(27)28)16(21(2,3)20(30)31-4)15-12(8-14(22)26-17(15)23)11-6-5-10(24)7-13(11)25/h5-9,16H,1-4H3,(H,27,28). The van der Waals surface area contributed by atoms with E-state index in [1.54, 1.807) is 0 Å². The number of hydrogen-bond donors (Lipinski definition) is 1. The average molecular weight is 490 g/mol. The van der Waals surface area contributed by atoms with Crippen molar-refractivity contribution in [1.29, 1.82) is 0 Å². The first-order valence-corrected chi connectivity index (χ1v) is 9.90. The third-order valence-electron chi connectivity index (χ3n) is 4.94. The van der Waals surface area contributed by atoms with Gasteiger partial charge in [-0.2, -0.15) is 0 Å². The Hall–Kier alpha value is -2.78. The van der Waals surface area contributed by atoms with E-state index in [0.717, 1.165) is 19.2 Å². The molecule has 172 valence electrons. The highest BCUT2D eigenvalue weighted by Crippen LogP contribution is 2.47. The number of benzene rings is 1. The summed E-state index contributed by atoms with van der Waals surface area (Å²) in [6.07, 6.45) is -1.27. The molecule has 0 amide bonds. The minimum absolute atomic E-state index is 0.0302. The maximum absolute atomic E-state index is 14.7. The van der Waals surface area contributed by atoms with Gasteiger partial charge in [0.15, 0.2) is 0 Å². The van der Waals surface area contributed by atoms with Crippen molar-refractivity contribution in [2.24, 2.45) is 5.41 Å². The lowest BCUT2D eigenvalue weighted by molar-refractivity contribution is -0.170. The summed E-state index contributed by atoms with van der Waals surface area (Å²) in [7, 11) is 1.14.